The summed E-state index contributed by atoms with van der Waals surface area (Å²) in [5.41, 5.74) is 2.41. The summed E-state index contributed by atoms with van der Waals surface area (Å²) in [4.78, 5) is 38.4. The van der Waals surface area contributed by atoms with Gasteiger partial charge in [-0.3, -0.25) is 14.5 Å². The zero-order valence-electron chi connectivity index (χ0n) is 20.0. The number of anilines is 3. The monoisotopic (exact) mass is 509 g/mol. The molecule has 0 radical (unpaired) electrons. The van der Waals surface area contributed by atoms with Crippen molar-refractivity contribution in [2.75, 3.05) is 4.90 Å². The van der Waals surface area contributed by atoms with Crippen LogP contribution in [0.2, 0.25) is 0 Å². The van der Waals surface area contributed by atoms with Crippen molar-refractivity contribution in [3.63, 3.8) is 0 Å². The van der Waals surface area contributed by atoms with E-state index in [0.29, 0.717) is 11.1 Å². The molecule has 3 heterocycles. The van der Waals surface area contributed by atoms with Gasteiger partial charge in [-0.25, -0.2) is 9.97 Å². The predicted molar refractivity (Wildman–Crippen MR) is 153 cm³/mol. The molecular weight excluding hydrogens is 490 g/mol. The Bertz CT molecular complexity index is 1870. The smallest absolute Gasteiger partial charge is 0.216 e. The average Bonchev–Trinajstić information content (AvgIpc) is 3.51. The Hall–Kier alpha value is -4.94. The van der Waals surface area contributed by atoms with E-state index in [4.69, 9.17) is 0 Å². The van der Waals surface area contributed by atoms with Crippen LogP contribution in [0.15, 0.2) is 115 Å². The SMILES string of the molecule is O=C1/C(=C\c2ccc(N(c3ccc4ccccc4c3)c3ccccn3)s2)C(=O)c2nc3ccccc3cc21. The quantitative estimate of drug-likeness (QED) is 0.179. The van der Waals surface area contributed by atoms with Crippen LogP contribution in [0.1, 0.15) is 25.7 Å². The van der Waals surface area contributed by atoms with Crippen LogP contribution in [0.3, 0.4) is 0 Å². The molecule has 0 bridgehead atoms. The molecule has 1 aliphatic rings. The lowest BCUT2D eigenvalue weighted by atomic mass is 10.1. The first kappa shape index (κ1) is 22.3. The van der Waals surface area contributed by atoms with Crippen molar-refractivity contribution in [2.24, 2.45) is 0 Å². The van der Waals surface area contributed by atoms with Gasteiger partial charge < -0.3 is 0 Å². The summed E-state index contributed by atoms with van der Waals surface area (Å²) in [5, 5.41) is 4.05. The molecule has 3 aromatic carbocycles. The normalized spacial score (nSPS) is 13.9. The number of ketones is 2. The molecule has 1 aliphatic carbocycles. The van der Waals surface area contributed by atoms with Gasteiger partial charge in [-0.2, -0.15) is 0 Å². The van der Waals surface area contributed by atoms with Crippen LogP contribution in [0.5, 0.6) is 0 Å². The van der Waals surface area contributed by atoms with Gasteiger partial charge in [-0.05, 0) is 65.4 Å². The Labute approximate surface area is 222 Å². The first-order chi connectivity index (χ1) is 18.7. The predicted octanol–water partition coefficient (Wildman–Crippen LogP) is 7.78. The molecule has 180 valence electrons. The highest BCUT2D eigenvalue weighted by atomic mass is 32.1. The van der Waals surface area contributed by atoms with Crippen LogP contribution in [-0.2, 0) is 0 Å². The molecule has 0 saturated carbocycles. The van der Waals surface area contributed by atoms with E-state index < -0.39 is 0 Å². The van der Waals surface area contributed by atoms with Crippen LogP contribution in [0.25, 0.3) is 27.8 Å². The fourth-order valence-electron chi connectivity index (χ4n) is 4.83. The Morgan fingerprint density at radius 3 is 2.34 bits per heavy atom. The topological polar surface area (TPSA) is 63.2 Å². The minimum absolute atomic E-state index is 0.145. The van der Waals surface area contributed by atoms with E-state index in [0.717, 1.165) is 37.5 Å². The first-order valence-corrected chi connectivity index (χ1v) is 13.0. The lowest BCUT2D eigenvalue weighted by Crippen LogP contribution is -2.09. The zero-order chi connectivity index (χ0) is 25.6. The van der Waals surface area contributed by atoms with Gasteiger partial charge in [0.2, 0.25) is 5.78 Å². The molecule has 0 fully saturated rings. The molecule has 0 spiro atoms. The van der Waals surface area contributed by atoms with E-state index in [1.54, 1.807) is 18.3 Å². The summed E-state index contributed by atoms with van der Waals surface area (Å²) in [6.45, 7) is 0. The van der Waals surface area contributed by atoms with Gasteiger partial charge in [0.1, 0.15) is 16.5 Å². The number of nitrogens with zero attached hydrogens (tertiary/aromatic N) is 3. The van der Waals surface area contributed by atoms with Gasteiger partial charge in [0.05, 0.1) is 16.7 Å². The first-order valence-electron chi connectivity index (χ1n) is 12.2. The van der Waals surface area contributed by atoms with Crippen molar-refractivity contribution < 1.29 is 9.59 Å². The van der Waals surface area contributed by atoms with Gasteiger partial charge in [0, 0.05) is 22.1 Å². The van der Waals surface area contributed by atoms with E-state index in [-0.39, 0.29) is 22.8 Å². The minimum atomic E-state index is -0.332. The van der Waals surface area contributed by atoms with Crippen molar-refractivity contribution in [2.45, 2.75) is 0 Å². The van der Waals surface area contributed by atoms with Crippen LogP contribution >= 0.6 is 11.3 Å². The van der Waals surface area contributed by atoms with Crippen LogP contribution < -0.4 is 4.90 Å². The fourth-order valence-corrected chi connectivity index (χ4v) is 5.81. The summed E-state index contributed by atoms with van der Waals surface area (Å²) in [6, 6.07) is 33.5. The van der Waals surface area contributed by atoms with Crippen molar-refractivity contribution in [3.8, 4) is 0 Å². The Morgan fingerprint density at radius 1 is 0.711 bits per heavy atom. The number of pyridine rings is 2. The number of carbonyl (C=O) groups is 2. The molecule has 0 N–H and O–H groups in total. The third-order valence-electron chi connectivity index (χ3n) is 6.66. The number of Topliss-reactive ketones (excluding diaryl/α,β-unsaturated/α-hetero) is 2. The highest BCUT2D eigenvalue weighted by Crippen LogP contribution is 2.40. The maximum atomic E-state index is 13.2. The largest absolute Gasteiger partial charge is 0.288 e. The van der Waals surface area contributed by atoms with Crippen LogP contribution in [0.4, 0.5) is 16.5 Å². The van der Waals surface area contributed by atoms with Gasteiger partial charge in [0.15, 0.2) is 5.78 Å². The summed E-state index contributed by atoms with van der Waals surface area (Å²) in [7, 11) is 0. The number of para-hydroxylation sites is 1. The number of fused-ring (bicyclic) bond motifs is 3. The second-order valence-electron chi connectivity index (χ2n) is 9.02. The molecular formula is C32H19N3O2S. The molecule has 6 heteroatoms. The maximum absolute atomic E-state index is 13.2. The number of hydrogen-bond acceptors (Lipinski definition) is 6. The molecule has 0 amide bonds. The zero-order valence-corrected chi connectivity index (χ0v) is 20.9. The molecule has 6 aromatic rings. The second kappa shape index (κ2) is 8.87. The molecule has 0 saturated heterocycles. The summed E-state index contributed by atoms with van der Waals surface area (Å²) < 4.78 is 0. The Morgan fingerprint density at radius 2 is 1.50 bits per heavy atom. The third-order valence-corrected chi connectivity index (χ3v) is 7.68. The van der Waals surface area contributed by atoms with Crippen LogP contribution in [0, 0.1) is 0 Å². The minimum Gasteiger partial charge on any atom is -0.288 e. The van der Waals surface area contributed by atoms with E-state index in [9.17, 15) is 9.59 Å². The van der Waals surface area contributed by atoms with Gasteiger partial charge in [-0.15, -0.1) is 11.3 Å². The number of aromatic nitrogens is 2. The van der Waals surface area contributed by atoms with Crippen molar-refractivity contribution in [1.29, 1.82) is 0 Å². The molecule has 0 aliphatic heterocycles. The van der Waals surface area contributed by atoms with Gasteiger partial charge >= 0.3 is 0 Å². The Kier molecular flexibility index (Phi) is 5.20. The van der Waals surface area contributed by atoms with E-state index in [1.807, 2.05) is 66.7 Å². The van der Waals surface area contributed by atoms with Crippen LogP contribution in [-0.4, -0.2) is 21.5 Å². The van der Waals surface area contributed by atoms with Gasteiger partial charge in [-0.1, -0.05) is 54.6 Å². The van der Waals surface area contributed by atoms with Crippen molar-refractivity contribution >= 4 is 67.2 Å². The van der Waals surface area contributed by atoms with E-state index in [2.05, 4.69) is 45.2 Å². The molecule has 0 unspecified atom stereocenters. The highest BCUT2D eigenvalue weighted by Gasteiger charge is 2.35. The average molecular weight is 510 g/mol. The van der Waals surface area contributed by atoms with Gasteiger partial charge in [0.25, 0.3) is 0 Å². The highest BCUT2D eigenvalue weighted by molar-refractivity contribution is 7.17. The fraction of sp³-hybridized carbons (Fsp3) is 0. The number of benzene rings is 3. The van der Waals surface area contributed by atoms with E-state index >= 15 is 0 Å². The number of thiophene rings is 1. The number of carbonyl (C=O) groups excluding carboxylic acids is 2. The molecule has 0 atom stereocenters. The number of rotatable bonds is 4. The summed E-state index contributed by atoms with van der Waals surface area (Å²) in [5.74, 6) is 0.163. The maximum Gasteiger partial charge on any atom is 0.216 e. The molecule has 3 aromatic heterocycles. The third kappa shape index (κ3) is 3.70. The molecule has 5 nitrogen and oxygen atoms in total. The Balaban J connectivity index is 1.29. The van der Waals surface area contributed by atoms with Crippen molar-refractivity contribution in [1.82, 2.24) is 9.97 Å². The lowest BCUT2D eigenvalue weighted by Gasteiger charge is -2.22. The summed E-state index contributed by atoms with van der Waals surface area (Å²) >= 11 is 1.49. The van der Waals surface area contributed by atoms with Crippen molar-refractivity contribution in [3.05, 3.63) is 131 Å². The number of hydrogen-bond donors (Lipinski definition) is 0. The molecule has 38 heavy (non-hydrogen) atoms. The standard InChI is InChI=1S/C32H19N3O2S/c36-31-25-18-22-9-3-4-10-27(22)34-30(25)32(37)26(31)19-24-14-15-29(38-24)35(28-11-5-6-16-33-28)23-13-12-20-7-1-2-8-21(20)17-23/h1-19H/b26-19+. The van der Waals surface area contributed by atoms with E-state index in [1.165, 1.54) is 11.3 Å². The lowest BCUT2D eigenvalue weighted by molar-refractivity contribution is 0.0989. The summed E-state index contributed by atoms with van der Waals surface area (Å²) in [6.07, 6.45) is 3.45. The second-order valence-corrected chi connectivity index (χ2v) is 10.1. The number of allylic oxidation sites excluding steroid dienone is 1. The molecule has 7 rings (SSSR count).